The molecule has 3 atom stereocenters. The normalized spacial score (nSPS) is 28.2. The molecule has 1 saturated heterocycles. The minimum absolute atomic E-state index is 0.0881. The van der Waals surface area contributed by atoms with E-state index in [0.717, 1.165) is 19.4 Å². The molecule has 1 aliphatic heterocycles. The van der Waals surface area contributed by atoms with Crippen molar-refractivity contribution in [1.82, 2.24) is 0 Å². The highest BCUT2D eigenvalue weighted by atomic mass is 16.6. The van der Waals surface area contributed by atoms with Crippen LogP contribution in [-0.4, -0.2) is 29.2 Å². The monoisotopic (exact) mass is 273 g/mol. The molecular weight excluding hydrogens is 258 g/mol. The summed E-state index contributed by atoms with van der Waals surface area (Å²) in [6.07, 6.45) is 1.49. The van der Waals surface area contributed by atoms with Crippen LogP contribution in [0.1, 0.15) is 18.4 Å². The maximum Gasteiger partial charge on any atom is 0.310 e. The molecule has 0 radical (unpaired) electrons. The molecule has 0 bridgehead atoms. The Balaban J connectivity index is 1.96. The van der Waals surface area contributed by atoms with Gasteiger partial charge in [-0.15, -0.1) is 0 Å². The van der Waals surface area contributed by atoms with E-state index in [1.807, 2.05) is 11.0 Å². The molecule has 1 aliphatic carbocycles. The molecule has 3 rings (SSSR count). The third-order valence-electron chi connectivity index (χ3n) is 4.48. The number of hydrogen-bond donors (Lipinski definition) is 1. The summed E-state index contributed by atoms with van der Waals surface area (Å²) in [6.45, 7) is 1.35. The van der Waals surface area contributed by atoms with Gasteiger partial charge in [-0.2, -0.15) is 5.26 Å². The average Bonchev–Trinajstić information content (AvgIpc) is 3.00. The first-order valence-corrected chi connectivity index (χ1v) is 6.72. The van der Waals surface area contributed by atoms with Gasteiger partial charge in [0.2, 0.25) is 0 Å². The standard InChI is InChI=1S/C14H15N3O3/c15-6-9-2-1-3-12(14(9)17(19)20)16-7-10-4-5-13(18)11(10)8-16/h1-3,10-11,13,18H,4-5,7-8H2. The van der Waals surface area contributed by atoms with Gasteiger partial charge in [0, 0.05) is 19.0 Å². The number of benzene rings is 1. The molecule has 0 amide bonds. The lowest BCUT2D eigenvalue weighted by Crippen LogP contribution is -2.25. The molecule has 104 valence electrons. The van der Waals surface area contributed by atoms with E-state index in [1.165, 1.54) is 6.07 Å². The topological polar surface area (TPSA) is 90.4 Å². The van der Waals surface area contributed by atoms with Crippen LogP contribution in [0.5, 0.6) is 0 Å². The van der Waals surface area contributed by atoms with E-state index in [-0.39, 0.29) is 23.3 Å². The van der Waals surface area contributed by atoms with Gasteiger partial charge >= 0.3 is 5.69 Å². The van der Waals surface area contributed by atoms with Crippen LogP contribution in [0.2, 0.25) is 0 Å². The Morgan fingerprint density at radius 1 is 1.40 bits per heavy atom. The first-order chi connectivity index (χ1) is 9.61. The zero-order valence-corrected chi connectivity index (χ0v) is 10.9. The van der Waals surface area contributed by atoms with Crippen molar-refractivity contribution in [2.45, 2.75) is 18.9 Å². The van der Waals surface area contributed by atoms with Gasteiger partial charge in [-0.05, 0) is 30.9 Å². The summed E-state index contributed by atoms with van der Waals surface area (Å²) in [5, 5.41) is 30.2. The van der Waals surface area contributed by atoms with E-state index in [2.05, 4.69) is 0 Å². The van der Waals surface area contributed by atoms with Crippen LogP contribution >= 0.6 is 0 Å². The van der Waals surface area contributed by atoms with Crippen LogP contribution in [0.15, 0.2) is 18.2 Å². The number of aliphatic hydroxyl groups excluding tert-OH is 1. The molecule has 6 nitrogen and oxygen atoms in total. The SMILES string of the molecule is N#Cc1cccc(N2CC3CCC(O)C3C2)c1[N+](=O)[O-]. The van der Waals surface area contributed by atoms with Crippen LogP contribution in [0.4, 0.5) is 11.4 Å². The van der Waals surface area contributed by atoms with Crippen LogP contribution in [0, 0.1) is 33.3 Å². The highest BCUT2D eigenvalue weighted by Crippen LogP contribution is 2.42. The van der Waals surface area contributed by atoms with Crippen molar-refractivity contribution in [3.63, 3.8) is 0 Å². The summed E-state index contributed by atoms with van der Waals surface area (Å²) >= 11 is 0. The summed E-state index contributed by atoms with van der Waals surface area (Å²) in [6, 6.07) is 6.71. The van der Waals surface area contributed by atoms with E-state index in [4.69, 9.17) is 5.26 Å². The lowest BCUT2D eigenvalue weighted by molar-refractivity contribution is -0.384. The summed E-state index contributed by atoms with van der Waals surface area (Å²) in [5.74, 6) is 0.593. The maximum absolute atomic E-state index is 11.2. The molecule has 6 heteroatoms. The number of fused-ring (bicyclic) bond motifs is 1. The van der Waals surface area contributed by atoms with Crippen molar-refractivity contribution < 1.29 is 10.0 Å². The van der Waals surface area contributed by atoms with Crippen molar-refractivity contribution in [3.8, 4) is 6.07 Å². The van der Waals surface area contributed by atoms with Crippen LogP contribution in [0.3, 0.4) is 0 Å². The Morgan fingerprint density at radius 2 is 2.20 bits per heavy atom. The fourth-order valence-corrected chi connectivity index (χ4v) is 3.50. The zero-order chi connectivity index (χ0) is 14.3. The second-order valence-electron chi connectivity index (χ2n) is 5.52. The Kier molecular flexibility index (Phi) is 3.07. The lowest BCUT2D eigenvalue weighted by Gasteiger charge is -2.20. The molecule has 1 N–H and O–H groups in total. The van der Waals surface area contributed by atoms with Crippen molar-refractivity contribution in [2.75, 3.05) is 18.0 Å². The average molecular weight is 273 g/mol. The van der Waals surface area contributed by atoms with Crippen molar-refractivity contribution in [2.24, 2.45) is 11.8 Å². The molecule has 1 heterocycles. The highest BCUT2D eigenvalue weighted by Gasteiger charge is 2.43. The first-order valence-electron chi connectivity index (χ1n) is 6.72. The largest absolute Gasteiger partial charge is 0.393 e. The number of nitro groups is 1. The number of nitrogens with zero attached hydrogens (tertiary/aromatic N) is 3. The second-order valence-corrected chi connectivity index (χ2v) is 5.52. The predicted molar refractivity (Wildman–Crippen MR) is 72.2 cm³/mol. The number of aliphatic hydroxyl groups is 1. The zero-order valence-electron chi connectivity index (χ0n) is 10.9. The Labute approximate surface area is 116 Å². The highest BCUT2D eigenvalue weighted by molar-refractivity contribution is 5.70. The van der Waals surface area contributed by atoms with Crippen LogP contribution < -0.4 is 4.90 Å². The molecular formula is C14H15N3O3. The van der Waals surface area contributed by atoms with Crippen molar-refractivity contribution in [3.05, 3.63) is 33.9 Å². The van der Waals surface area contributed by atoms with E-state index in [0.29, 0.717) is 18.2 Å². The lowest BCUT2D eigenvalue weighted by atomic mass is 10.00. The summed E-state index contributed by atoms with van der Waals surface area (Å²) in [7, 11) is 0. The Hall–Kier alpha value is -2.13. The minimum atomic E-state index is -0.488. The Bertz CT molecular complexity index is 596. The quantitative estimate of drug-likeness (QED) is 0.654. The van der Waals surface area contributed by atoms with Gasteiger partial charge < -0.3 is 10.0 Å². The second kappa shape index (κ2) is 4.76. The van der Waals surface area contributed by atoms with Gasteiger partial charge in [0.15, 0.2) is 0 Å². The summed E-state index contributed by atoms with van der Waals surface area (Å²) in [4.78, 5) is 12.7. The molecule has 1 aromatic rings. The number of para-hydroxylation sites is 1. The number of anilines is 1. The van der Waals surface area contributed by atoms with Crippen LogP contribution in [0.25, 0.3) is 0 Å². The van der Waals surface area contributed by atoms with E-state index < -0.39 is 4.92 Å². The van der Waals surface area contributed by atoms with Gasteiger partial charge in [0.25, 0.3) is 0 Å². The van der Waals surface area contributed by atoms with E-state index >= 15 is 0 Å². The van der Waals surface area contributed by atoms with E-state index in [9.17, 15) is 15.2 Å². The van der Waals surface area contributed by atoms with Gasteiger partial charge in [0.1, 0.15) is 17.3 Å². The molecule has 0 aromatic heterocycles. The fraction of sp³-hybridized carbons (Fsp3) is 0.500. The number of nitriles is 1. The minimum Gasteiger partial charge on any atom is -0.393 e. The third-order valence-corrected chi connectivity index (χ3v) is 4.48. The molecule has 2 fully saturated rings. The maximum atomic E-state index is 11.2. The smallest absolute Gasteiger partial charge is 0.310 e. The number of hydrogen-bond acceptors (Lipinski definition) is 5. The van der Waals surface area contributed by atoms with Gasteiger partial charge in [-0.25, -0.2) is 0 Å². The fourth-order valence-electron chi connectivity index (χ4n) is 3.50. The molecule has 0 spiro atoms. The summed E-state index contributed by atoms with van der Waals surface area (Å²) in [5.41, 5.74) is 0.463. The molecule has 2 aliphatic rings. The third kappa shape index (κ3) is 1.91. The first kappa shape index (κ1) is 12.9. The Morgan fingerprint density at radius 3 is 2.85 bits per heavy atom. The molecule has 1 aromatic carbocycles. The van der Waals surface area contributed by atoms with Gasteiger partial charge in [-0.1, -0.05) is 6.07 Å². The van der Waals surface area contributed by atoms with Crippen molar-refractivity contribution >= 4 is 11.4 Å². The molecule has 1 saturated carbocycles. The van der Waals surface area contributed by atoms with Gasteiger partial charge in [-0.3, -0.25) is 10.1 Å². The predicted octanol–water partition coefficient (Wildman–Crippen LogP) is 1.67. The molecule has 3 unspecified atom stereocenters. The van der Waals surface area contributed by atoms with E-state index in [1.54, 1.807) is 12.1 Å². The molecule has 20 heavy (non-hydrogen) atoms. The van der Waals surface area contributed by atoms with Crippen LogP contribution in [-0.2, 0) is 0 Å². The van der Waals surface area contributed by atoms with Gasteiger partial charge in [0.05, 0.1) is 11.0 Å². The summed E-state index contributed by atoms with van der Waals surface area (Å²) < 4.78 is 0. The number of rotatable bonds is 2. The van der Waals surface area contributed by atoms with Crippen molar-refractivity contribution in [1.29, 1.82) is 5.26 Å². The number of nitro benzene ring substituents is 1.